The average Bonchev–Trinajstić information content (AvgIpc) is 3.03. The van der Waals surface area contributed by atoms with Crippen molar-refractivity contribution in [1.82, 2.24) is 4.57 Å². The molecule has 1 heterocycles. The Labute approximate surface area is 151 Å². The predicted molar refractivity (Wildman–Crippen MR) is 100 cm³/mol. The summed E-state index contributed by atoms with van der Waals surface area (Å²) in [4.78, 5) is 24.5. The van der Waals surface area contributed by atoms with Crippen LogP contribution in [-0.4, -0.2) is 10.5 Å². The van der Waals surface area contributed by atoms with Crippen LogP contribution in [0.25, 0.3) is 11.3 Å². The summed E-state index contributed by atoms with van der Waals surface area (Å²) in [6.07, 6.45) is 5.95. The molecular formula is C21H20N2O3. The van der Waals surface area contributed by atoms with Crippen molar-refractivity contribution in [1.29, 1.82) is 0 Å². The molecule has 0 spiro atoms. The van der Waals surface area contributed by atoms with Crippen LogP contribution in [-0.2, 0) is 24.2 Å². The van der Waals surface area contributed by atoms with Crippen molar-refractivity contribution in [3.8, 4) is 11.3 Å². The van der Waals surface area contributed by atoms with E-state index in [1.54, 1.807) is 6.20 Å². The molecule has 0 fully saturated rings. The summed E-state index contributed by atoms with van der Waals surface area (Å²) in [5.41, 5.74) is 4.19. The molecule has 0 aliphatic heterocycles. The van der Waals surface area contributed by atoms with Gasteiger partial charge in [0.05, 0.1) is 6.20 Å². The van der Waals surface area contributed by atoms with E-state index in [9.17, 15) is 9.59 Å². The molecule has 0 atom stereocenters. The first-order valence-corrected chi connectivity index (χ1v) is 8.87. The van der Waals surface area contributed by atoms with E-state index in [1.165, 1.54) is 22.1 Å². The second-order valence-corrected chi connectivity index (χ2v) is 6.55. The third kappa shape index (κ3) is 3.33. The van der Waals surface area contributed by atoms with Crippen LogP contribution >= 0.6 is 0 Å². The summed E-state index contributed by atoms with van der Waals surface area (Å²) in [6.45, 7) is -0.0706. The number of carbonyl (C=O) groups is 1. The van der Waals surface area contributed by atoms with Crippen LogP contribution in [0.5, 0.6) is 0 Å². The van der Waals surface area contributed by atoms with Gasteiger partial charge in [0, 0.05) is 11.3 Å². The second kappa shape index (κ2) is 7.04. The molecule has 0 saturated heterocycles. The van der Waals surface area contributed by atoms with Gasteiger partial charge in [0.25, 0.3) is 0 Å². The normalized spacial score (nSPS) is 13.2. The molecule has 1 aliphatic rings. The number of rotatable bonds is 4. The maximum Gasteiger partial charge on any atom is 0.419 e. The zero-order chi connectivity index (χ0) is 17.9. The number of hydrogen-bond donors (Lipinski definition) is 1. The molecule has 1 aliphatic carbocycles. The lowest BCUT2D eigenvalue weighted by atomic mass is 9.90. The Morgan fingerprint density at radius 3 is 2.69 bits per heavy atom. The minimum atomic E-state index is -0.533. The molecule has 5 nitrogen and oxygen atoms in total. The van der Waals surface area contributed by atoms with Crippen LogP contribution < -0.4 is 11.1 Å². The Balaban J connectivity index is 1.51. The fourth-order valence-electron chi connectivity index (χ4n) is 3.46. The predicted octanol–water partition coefficient (Wildman–Crippen LogP) is 3.63. The van der Waals surface area contributed by atoms with Gasteiger partial charge in [-0.1, -0.05) is 42.5 Å². The van der Waals surface area contributed by atoms with Crippen molar-refractivity contribution in [2.75, 3.05) is 5.32 Å². The molecule has 4 rings (SSSR count). The van der Waals surface area contributed by atoms with Gasteiger partial charge in [0.1, 0.15) is 6.54 Å². The number of aryl methyl sites for hydroxylation is 1. The number of hydrogen-bond acceptors (Lipinski definition) is 3. The van der Waals surface area contributed by atoms with E-state index in [0.717, 1.165) is 30.5 Å². The molecule has 0 unspecified atom stereocenters. The van der Waals surface area contributed by atoms with Crippen molar-refractivity contribution in [3.05, 3.63) is 76.4 Å². The maximum atomic E-state index is 12.5. The van der Waals surface area contributed by atoms with Crippen LogP contribution in [0.3, 0.4) is 0 Å². The van der Waals surface area contributed by atoms with Gasteiger partial charge >= 0.3 is 5.76 Å². The Bertz CT molecular complexity index is 986. The molecule has 132 valence electrons. The van der Waals surface area contributed by atoms with E-state index in [2.05, 4.69) is 11.4 Å². The molecule has 1 N–H and O–H groups in total. The third-order valence-electron chi connectivity index (χ3n) is 4.75. The topological polar surface area (TPSA) is 64.2 Å². The Kier molecular flexibility index (Phi) is 4.44. The fourth-order valence-corrected chi connectivity index (χ4v) is 3.46. The quantitative estimate of drug-likeness (QED) is 0.783. The molecule has 0 bridgehead atoms. The first-order valence-electron chi connectivity index (χ1n) is 8.87. The van der Waals surface area contributed by atoms with E-state index < -0.39 is 5.76 Å². The lowest BCUT2D eigenvalue weighted by Gasteiger charge is -2.19. The van der Waals surface area contributed by atoms with Crippen molar-refractivity contribution < 1.29 is 9.21 Å². The molecule has 0 radical (unpaired) electrons. The zero-order valence-electron chi connectivity index (χ0n) is 14.4. The molecule has 0 saturated carbocycles. The summed E-state index contributed by atoms with van der Waals surface area (Å²) < 4.78 is 6.57. The van der Waals surface area contributed by atoms with E-state index in [4.69, 9.17) is 4.42 Å². The first kappa shape index (κ1) is 16.4. The van der Waals surface area contributed by atoms with Crippen molar-refractivity contribution in [3.63, 3.8) is 0 Å². The molecule has 1 aromatic heterocycles. The highest BCUT2D eigenvalue weighted by Crippen LogP contribution is 2.27. The molecule has 1 amide bonds. The van der Waals surface area contributed by atoms with Crippen LogP contribution in [0.2, 0.25) is 0 Å². The number of nitrogens with zero attached hydrogens (tertiary/aromatic N) is 1. The van der Waals surface area contributed by atoms with Gasteiger partial charge in [-0.3, -0.25) is 9.36 Å². The summed E-state index contributed by atoms with van der Waals surface area (Å²) in [6, 6.07) is 15.4. The maximum absolute atomic E-state index is 12.5. The summed E-state index contributed by atoms with van der Waals surface area (Å²) in [5.74, 6) is -0.305. The third-order valence-corrected chi connectivity index (χ3v) is 4.75. The molecular weight excluding hydrogens is 328 g/mol. The number of benzene rings is 2. The van der Waals surface area contributed by atoms with Gasteiger partial charge in [0.15, 0.2) is 5.76 Å². The Morgan fingerprint density at radius 1 is 1.04 bits per heavy atom. The summed E-state index contributed by atoms with van der Waals surface area (Å²) >= 11 is 0. The Hall–Kier alpha value is -3.08. The van der Waals surface area contributed by atoms with E-state index >= 15 is 0 Å². The van der Waals surface area contributed by atoms with Crippen LogP contribution in [0, 0.1) is 0 Å². The zero-order valence-corrected chi connectivity index (χ0v) is 14.4. The smallest absolute Gasteiger partial charge is 0.408 e. The number of amides is 1. The SMILES string of the molecule is O=C(Cn1cc(-c2ccccc2)oc1=O)Nc1cccc2c1CCCC2. The van der Waals surface area contributed by atoms with Crippen LogP contribution in [0.1, 0.15) is 24.0 Å². The monoisotopic (exact) mass is 348 g/mol. The molecule has 3 aromatic rings. The van der Waals surface area contributed by atoms with Crippen molar-refractivity contribution >= 4 is 11.6 Å². The standard InChI is InChI=1S/C21H20N2O3/c24-20(22-18-12-6-10-15-7-4-5-11-17(15)18)14-23-13-19(26-21(23)25)16-8-2-1-3-9-16/h1-3,6,8-10,12-13H,4-5,7,11,14H2,(H,22,24). The lowest BCUT2D eigenvalue weighted by Crippen LogP contribution is -2.25. The number of carbonyl (C=O) groups excluding carboxylic acids is 1. The van der Waals surface area contributed by atoms with E-state index in [-0.39, 0.29) is 12.5 Å². The van der Waals surface area contributed by atoms with Gasteiger partial charge < -0.3 is 9.73 Å². The lowest BCUT2D eigenvalue weighted by molar-refractivity contribution is -0.116. The molecule has 2 aromatic carbocycles. The number of fused-ring (bicyclic) bond motifs is 1. The van der Waals surface area contributed by atoms with Gasteiger partial charge in [-0.15, -0.1) is 0 Å². The van der Waals surface area contributed by atoms with Crippen LogP contribution in [0.4, 0.5) is 5.69 Å². The van der Waals surface area contributed by atoms with Crippen molar-refractivity contribution in [2.24, 2.45) is 0 Å². The number of aromatic nitrogens is 1. The number of anilines is 1. The van der Waals surface area contributed by atoms with Crippen molar-refractivity contribution in [2.45, 2.75) is 32.2 Å². The first-order chi connectivity index (χ1) is 12.7. The van der Waals surface area contributed by atoms with E-state index in [0.29, 0.717) is 5.76 Å². The minimum absolute atomic E-state index is 0.0706. The molecule has 5 heteroatoms. The number of oxazole rings is 1. The van der Waals surface area contributed by atoms with Crippen LogP contribution in [0.15, 0.2) is 63.9 Å². The van der Waals surface area contributed by atoms with E-state index in [1.807, 2.05) is 42.5 Å². The fraction of sp³-hybridized carbons (Fsp3) is 0.238. The average molecular weight is 348 g/mol. The Morgan fingerprint density at radius 2 is 1.85 bits per heavy atom. The summed E-state index contributed by atoms with van der Waals surface area (Å²) in [5, 5.41) is 2.95. The minimum Gasteiger partial charge on any atom is -0.408 e. The largest absolute Gasteiger partial charge is 0.419 e. The number of nitrogens with one attached hydrogen (secondary N) is 1. The molecule has 26 heavy (non-hydrogen) atoms. The second-order valence-electron chi connectivity index (χ2n) is 6.55. The highest BCUT2D eigenvalue weighted by atomic mass is 16.4. The van der Waals surface area contributed by atoms with Gasteiger partial charge in [-0.05, 0) is 42.9 Å². The highest BCUT2D eigenvalue weighted by Gasteiger charge is 2.16. The summed E-state index contributed by atoms with van der Waals surface area (Å²) in [7, 11) is 0. The van der Waals surface area contributed by atoms with Gasteiger partial charge in [-0.2, -0.15) is 0 Å². The van der Waals surface area contributed by atoms with Gasteiger partial charge in [0.2, 0.25) is 5.91 Å². The van der Waals surface area contributed by atoms with Gasteiger partial charge in [-0.25, -0.2) is 4.79 Å². The highest BCUT2D eigenvalue weighted by molar-refractivity contribution is 5.91.